The molecular weight excluding hydrogens is 204 g/mol. The molecule has 3 rings (SSSR count). The van der Waals surface area contributed by atoms with Gasteiger partial charge in [0.15, 0.2) is 5.82 Å². The molecule has 0 amide bonds. The maximum Gasteiger partial charge on any atom is 0.157 e. The highest BCUT2D eigenvalue weighted by atomic mass is 16.3. The van der Waals surface area contributed by atoms with E-state index in [9.17, 15) is 5.11 Å². The summed E-state index contributed by atoms with van der Waals surface area (Å²) in [5, 5.41) is 12.5. The lowest BCUT2D eigenvalue weighted by Crippen LogP contribution is -2.31. The van der Waals surface area contributed by atoms with Gasteiger partial charge in [0.25, 0.3) is 0 Å². The number of aromatic hydroxyl groups is 1. The maximum absolute atomic E-state index is 9.88. The Morgan fingerprint density at radius 1 is 1.31 bits per heavy atom. The van der Waals surface area contributed by atoms with Gasteiger partial charge in [0.2, 0.25) is 0 Å². The minimum absolute atomic E-state index is 0.224. The van der Waals surface area contributed by atoms with Gasteiger partial charge in [-0.05, 0) is 18.6 Å². The first kappa shape index (κ1) is 9.35. The molecule has 2 aromatic rings. The van der Waals surface area contributed by atoms with Crippen molar-refractivity contribution in [3.05, 3.63) is 24.5 Å². The van der Waals surface area contributed by atoms with E-state index >= 15 is 0 Å². The second kappa shape index (κ2) is 3.61. The summed E-state index contributed by atoms with van der Waals surface area (Å²) >= 11 is 0. The van der Waals surface area contributed by atoms with Crippen LogP contribution in [0.2, 0.25) is 0 Å². The Labute approximate surface area is 92.7 Å². The molecule has 1 aromatic heterocycles. The smallest absolute Gasteiger partial charge is 0.157 e. The number of hydrogen-bond acceptors (Lipinski definition) is 5. The molecule has 5 heteroatoms. The number of phenolic OH excluding ortho intramolecular Hbond substituents is 1. The molecule has 1 aliphatic rings. The third kappa shape index (κ3) is 1.37. The van der Waals surface area contributed by atoms with E-state index in [-0.39, 0.29) is 5.75 Å². The molecule has 0 radical (unpaired) electrons. The van der Waals surface area contributed by atoms with E-state index in [1.54, 1.807) is 12.1 Å². The average molecular weight is 216 g/mol. The molecule has 1 aliphatic heterocycles. The Morgan fingerprint density at radius 2 is 2.25 bits per heavy atom. The molecule has 0 unspecified atom stereocenters. The van der Waals surface area contributed by atoms with Crippen LogP contribution in [0.15, 0.2) is 24.5 Å². The Bertz CT molecular complexity index is 517. The molecule has 0 bridgehead atoms. The normalized spacial score (nSPS) is 15.9. The number of hydrogen-bond donors (Lipinski definition) is 2. The first-order valence-electron chi connectivity index (χ1n) is 5.30. The minimum Gasteiger partial charge on any atom is -0.507 e. The van der Waals surface area contributed by atoms with E-state index < -0.39 is 0 Å². The van der Waals surface area contributed by atoms with Crippen LogP contribution < -0.4 is 10.4 Å². The van der Waals surface area contributed by atoms with Crippen LogP contribution in [0.3, 0.4) is 0 Å². The van der Waals surface area contributed by atoms with Crippen molar-refractivity contribution in [1.29, 1.82) is 0 Å². The fourth-order valence-electron chi connectivity index (χ4n) is 1.99. The van der Waals surface area contributed by atoms with Crippen molar-refractivity contribution in [3.63, 3.8) is 0 Å². The van der Waals surface area contributed by atoms with Crippen LogP contribution in [0, 0.1) is 0 Å². The van der Waals surface area contributed by atoms with Crippen LogP contribution in [-0.2, 0) is 0 Å². The van der Waals surface area contributed by atoms with Crippen molar-refractivity contribution in [2.75, 3.05) is 18.1 Å². The van der Waals surface area contributed by atoms with Gasteiger partial charge in [-0.1, -0.05) is 6.07 Å². The van der Waals surface area contributed by atoms with Crippen molar-refractivity contribution in [2.24, 2.45) is 0 Å². The van der Waals surface area contributed by atoms with Gasteiger partial charge in [-0.3, -0.25) is 5.01 Å². The number of phenols is 1. The average Bonchev–Trinajstić information content (AvgIpc) is 2.82. The fraction of sp³-hybridized carbons (Fsp3) is 0.273. The number of benzene rings is 1. The van der Waals surface area contributed by atoms with Gasteiger partial charge in [0.1, 0.15) is 12.1 Å². The number of hydrazine groups is 1. The molecule has 0 saturated carbocycles. The summed E-state index contributed by atoms with van der Waals surface area (Å²) in [7, 11) is 0. The number of anilines is 1. The lowest BCUT2D eigenvalue weighted by Gasteiger charge is -2.18. The Kier molecular flexibility index (Phi) is 2.11. The quantitative estimate of drug-likeness (QED) is 0.746. The zero-order valence-electron chi connectivity index (χ0n) is 8.72. The molecule has 2 N–H and O–H groups in total. The highest BCUT2D eigenvalue weighted by Gasteiger charge is 2.17. The number of nitrogens with zero attached hydrogens (tertiary/aromatic N) is 3. The monoisotopic (exact) mass is 216 g/mol. The van der Waals surface area contributed by atoms with Gasteiger partial charge >= 0.3 is 0 Å². The molecule has 5 nitrogen and oxygen atoms in total. The lowest BCUT2D eigenvalue weighted by atomic mass is 10.2. The Balaban J connectivity index is 2.23. The summed E-state index contributed by atoms with van der Waals surface area (Å²) in [5.41, 5.74) is 3.99. The highest BCUT2D eigenvalue weighted by molar-refractivity contribution is 5.94. The second-order valence-corrected chi connectivity index (χ2v) is 3.78. The third-order valence-electron chi connectivity index (χ3n) is 2.74. The zero-order chi connectivity index (χ0) is 11.0. The van der Waals surface area contributed by atoms with Crippen molar-refractivity contribution in [3.8, 4) is 5.75 Å². The van der Waals surface area contributed by atoms with E-state index in [0.717, 1.165) is 30.8 Å². The minimum atomic E-state index is 0.224. The lowest BCUT2D eigenvalue weighted by molar-refractivity contribution is 0.481. The molecule has 1 saturated heterocycles. The molecule has 0 aliphatic carbocycles. The van der Waals surface area contributed by atoms with E-state index in [2.05, 4.69) is 15.4 Å². The second-order valence-electron chi connectivity index (χ2n) is 3.78. The Morgan fingerprint density at radius 3 is 3.06 bits per heavy atom. The zero-order valence-corrected chi connectivity index (χ0v) is 8.72. The van der Waals surface area contributed by atoms with Crippen LogP contribution in [-0.4, -0.2) is 28.2 Å². The van der Waals surface area contributed by atoms with Gasteiger partial charge in [-0.25, -0.2) is 15.4 Å². The molecule has 82 valence electrons. The van der Waals surface area contributed by atoms with Gasteiger partial charge in [0.05, 0.1) is 10.9 Å². The molecule has 2 heterocycles. The van der Waals surface area contributed by atoms with E-state index in [1.165, 1.54) is 6.33 Å². The standard InChI is InChI=1S/C11H12N4O/c16-9-4-1-3-8-10(9)11(13-7-12-8)15-6-2-5-14-15/h1,3-4,7,14,16H,2,5-6H2. The largest absolute Gasteiger partial charge is 0.507 e. The summed E-state index contributed by atoms with van der Waals surface area (Å²) in [6, 6.07) is 5.31. The molecule has 0 spiro atoms. The van der Waals surface area contributed by atoms with Gasteiger partial charge in [0, 0.05) is 13.1 Å². The summed E-state index contributed by atoms with van der Waals surface area (Å²) < 4.78 is 0. The summed E-state index contributed by atoms with van der Waals surface area (Å²) in [4.78, 5) is 8.39. The predicted octanol–water partition coefficient (Wildman–Crippen LogP) is 1.05. The van der Waals surface area contributed by atoms with Crippen molar-refractivity contribution < 1.29 is 5.11 Å². The Hall–Kier alpha value is -1.88. The SMILES string of the molecule is Oc1cccc2ncnc(N3CCCN3)c12. The van der Waals surface area contributed by atoms with Crippen LogP contribution in [0.4, 0.5) is 5.82 Å². The first-order valence-corrected chi connectivity index (χ1v) is 5.30. The topological polar surface area (TPSA) is 61.3 Å². The van der Waals surface area contributed by atoms with Gasteiger partial charge in [-0.15, -0.1) is 0 Å². The van der Waals surface area contributed by atoms with E-state index in [4.69, 9.17) is 0 Å². The van der Waals surface area contributed by atoms with E-state index in [0.29, 0.717) is 5.39 Å². The van der Waals surface area contributed by atoms with Crippen molar-refractivity contribution in [1.82, 2.24) is 15.4 Å². The van der Waals surface area contributed by atoms with Gasteiger partial charge in [-0.2, -0.15) is 0 Å². The molecule has 16 heavy (non-hydrogen) atoms. The van der Waals surface area contributed by atoms with Crippen molar-refractivity contribution in [2.45, 2.75) is 6.42 Å². The predicted molar refractivity (Wildman–Crippen MR) is 61.2 cm³/mol. The first-order chi connectivity index (χ1) is 7.86. The maximum atomic E-state index is 9.88. The number of aromatic nitrogens is 2. The number of rotatable bonds is 1. The van der Waals surface area contributed by atoms with E-state index in [1.807, 2.05) is 11.1 Å². The fourth-order valence-corrected chi connectivity index (χ4v) is 1.99. The van der Waals surface area contributed by atoms with Crippen LogP contribution in [0.5, 0.6) is 5.75 Å². The van der Waals surface area contributed by atoms with Gasteiger partial charge < -0.3 is 5.11 Å². The molecular formula is C11H12N4O. The van der Waals surface area contributed by atoms with Crippen LogP contribution in [0.1, 0.15) is 6.42 Å². The number of fused-ring (bicyclic) bond motifs is 1. The highest BCUT2D eigenvalue weighted by Crippen LogP contribution is 2.30. The number of nitrogens with one attached hydrogen (secondary N) is 1. The summed E-state index contributed by atoms with van der Waals surface area (Å²) in [6.07, 6.45) is 2.61. The molecule has 0 atom stereocenters. The third-order valence-corrected chi connectivity index (χ3v) is 2.74. The molecule has 1 aromatic carbocycles. The van der Waals surface area contributed by atoms with Crippen LogP contribution >= 0.6 is 0 Å². The van der Waals surface area contributed by atoms with Crippen molar-refractivity contribution >= 4 is 16.7 Å². The summed E-state index contributed by atoms with van der Waals surface area (Å²) in [5.74, 6) is 0.974. The molecule has 1 fully saturated rings. The summed E-state index contributed by atoms with van der Waals surface area (Å²) in [6.45, 7) is 1.85. The van der Waals surface area contributed by atoms with Crippen LogP contribution in [0.25, 0.3) is 10.9 Å².